The summed E-state index contributed by atoms with van der Waals surface area (Å²) in [5.74, 6) is 0.633. The van der Waals surface area contributed by atoms with Crippen LogP contribution in [0, 0.1) is 10.1 Å². The Labute approximate surface area is 92.6 Å². The highest BCUT2D eigenvalue weighted by Gasteiger charge is 2.07. The fourth-order valence-electron chi connectivity index (χ4n) is 1.22. The fourth-order valence-corrected chi connectivity index (χ4v) is 1.22. The zero-order valence-electron chi connectivity index (χ0n) is 8.79. The highest BCUT2D eigenvalue weighted by molar-refractivity contribution is 5.60. The van der Waals surface area contributed by atoms with Crippen LogP contribution in [0.3, 0.4) is 0 Å². The Morgan fingerprint density at radius 3 is 2.56 bits per heavy atom. The lowest BCUT2D eigenvalue weighted by Crippen LogP contribution is -1.87. The number of hydrogen-bond acceptors (Lipinski definition) is 4. The summed E-state index contributed by atoms with van der Waals surface area (Å²) in [5, 5.41) is 10.5. The number of rotatable bonds is 2. The van der Waals surface area contributed by atoms with Gasteiger partial charge in [-0.2, -0.15) is 0 Å². The third kappa shape index (κ3) is 2.68. The standard InChI is InChI=1S/C10H7NO3.CH5N/c12-11(13)9-4-1-3-8(7-9)10-5-2-6-14-10;1-2/h1-7H;2H2,1H3. The van der Waals surface area contributed by atoms with Crippen LogP contribution in [0.4, 0.5) is 5.69 Å². The molecule has 0 fully saturated rings. The third-order valence-electron chi connectivity index (χ3n) is 1.86. The molecule has 1 aromatic heterocycles. The number of nitro benzene ring substituents is 1. The normalized spacial score (nSPS) is 9.12. The van der Waals surface area contributed by atoms with Crippen LogP contribution in [0.25, 0.3) is 11.3 Å². The minimum Gasteiger partial charge on any atom is -0.464 e. The molecule has 0 atom stereocenters. The molecular weight excluding hydrogens is 208 g/mol. The molecule has 1 heterocycles. The van der Waals surface area contributed by atoms with Crippen molar-refractivity contribution in [2.75, 3.05) is 7.05 Å². The van der Waals surface area contributed by atoms with Gasteiger partial charge in [0.15, 0.2) is 0 Å². The molecule has 0 saturated carbocycles. The second kappa shape index (κ2) is 5.67. The Balaban J connectivity index is 0.000000606. The molecule has 0 amide bonds. The first-order chi connectivity index (χ1) is 7.77. The lowest BCUT2D eigenvalue weighted by Gasteiger charge is -1.95. The molecule has 0 saturated heterocycles. The van der Waals surface area contributed by atoms with Crippen molar-refractivity contribution in [1.82, 2.24) is 0 Å². The molecule has 2 aromatic rings. The number of non-ortho nitro benzene ring substituents is 1. The van der Waals surface area contributed by atoms with Gasteiger partial charge in [0.25, 0.3) is 5.69 Å². The third-order valence-corrected chi connectivity index (χ3v) is 1.86. The topological polar surface area (TPSA) is 82.3 Å². The largest absolute Gasteiger partial charge is 0.464 e. The molecular formula is C11H12N2O3. The molecule has 1 aromatic carbocycles. The zero-order valence-corrected chi connectivity index (χ0v) is 8.79. The number of furan rings is 1. The van der Waals surface area contributed by atoms with Gasteiger partial charge in [-0.15, -0.1) is 0 Å². The minimum atomic E-state index is -0.424. The van der Waals surface area contributed by atoms with Crippen molar-refractivity contribution >= 4 is 5.69 Å². The molecule has 0 aliphatic heterocycles. The van der Waals surface area contributed by atoms with E-state index < -0.39 is 4.92 Å². The molecule has 0 aliphatic carbocycles. The van der Waals surface area contributed by atoms with Crippen LogP contribution in [0.15, 0.2) is 47.1 Å². The van der Waals surface area contributed by atoms with Gasteiger partial charge in [0.2, 0.25) is 0 Å². The summed E-state index contributed by atoms with van der Waals surface area (Å²) in [6, 6.07) is 9.85. The lowest BCUT2D eigenvalue weighted by atomic mass is 10.1. The second-order valence-electron chi connectivity index (χ2n) is 2.78. The quantitative estimate of drug-likeness (QED) is 0.622. The molecule has 0 unspecified atom stereocenters. The maximum atomic E-state index is 10.5. The van der Waals surface area contributed by atoms with Crippen molar-refractivity contribution in [2.24, 2.45) is 5.73 Å². The Morgan fingerprint density at radius 1 is 1.25 bits per heavy atom. The molecule has 5 heteroatoms. The van der Waals surface area contributed by atoms with Gasteiger partial charge in [0, 0.05) is 17.7 Å². The summed E-state index contributed by atoms with van der Waals surface area (Å²) in [7, 11) is 1.50. The van der Waals surface area contributed by atoms with E-state index in [1.54, 1.807) is 24.3 Å². The van der Waals surface area contributed by atoms with Crippen LogP contribution in [0.5, 0.6) is 0 Å². The predicted molar refractivity (Wildman–Crippen MR) is 60.9 cm³/mol. The molecule has 84 valence electrons. The van der Waals surface area contributed by atoms with E-state index in [0.717, 1.165) is 0 Å². The Hall–Kier alpha value is -2.14. The van der Waals surface area contributed by atoms with E-state index in [-0.39, 0.29) is 5.69 Å². The average molecular weight is 220 g/mol. The maximum absolute atomic E-state index is 10.5. The summed E-state index contributed by atoms with van der Waals surface area (Å²) in [6.07, 6.45) is 1.54. The van der Waals surface area contributed by atoms with E-state index >= 15 is 0 Å². The van der Waals surface area contributed by atoms with Crippen molar-refractivity contribution in [3.8, 4) is 11.3 Å². The van der Waals surface area contributed by atoms with Crippen LogP contribution in [-0.2, 0) is 0 Å². The second-order valence-corrected chi connectivity index (χ2v) is 2.78. The van der Waals surface area contributed by atoms with E-state index in [9.17, 15) is 10.1 Å². The Kier molecular flexibility index (Phi) is 4.23. The van der Waals surface area contributed by atoms with E-state index in [1.807, 2.05) is 0 Å². The molecule has 0 spiro atoms. The van der Waals surface area contributed by atoms with Crippen LogP contribution < -0.4 is 5.73 Å². The predicted octanol–water partition coefficient (Wildman–Crippen LogP) is 2.43. The van der Waals surface area contributed by atoms with Crippen LogP contribution >= 0.6 is 0 Å². The van der Waals surface area contributed by atoms with Gasteiger partial charge in [-0.3, -0.25) is 10.1 Å². The van der Waals surface area contributed by atoms with Gasteiger partial charge in [-0.05, 0) is 19.2 Å². The van der Waals surface area contributed by atoms with Crippen molar-refractivity contribution < 1.29 is 9.34 Å². The Morgan fingerprint density at radius 2 is 2.00 bits per heavy atom. The van der Waals surface area contributed by atoms with Crippen LogP contribution in [0.2, 0.25) is 0 Å². The van der Waals surface area contributed by atoms with Gasteiger partial charge in [-0.1, -0.05) is 12.1 Å². The minimum absolute atomic E-state index is 0.0684. The summed E-state index contributed by atoms with van der Waals surface area (Å²) >= 11 is 0. The van der Waals surface area contributed by atoms with Gasteiger partial charge in [-0.25, -0.2) is 0 Å². The molecule has 0 bridgehead atoms. The van der Waals surface area contributed by atoms with Gasteiger partial charge in [0.1, 0.15) is 5.76 Å². The monoisotopic (exact) mass is 220 g/mol. The molecule has 16 heavy (non-hydrogen) atoms. The highest BCUT2D eigenvalue weighted by Crippen LogP contribution is 2.23. The summed E-state index contributed by atoms with van der Waals surface area (Å²) in [5.41, 5.74) is 5.28. The first kappa shape index (κ1) is 11.9. The average Bonchev–Trinajstić information content (AvgIpc) is 2.85. The molecule has 0 aliphatic rings. The number of nitrogens with two attached hydrogens (primary N) is 1. The number of benzene rings is 1. The zero-order chi connectivity index (χ0) is 12.0. The van der Waals surface area contributed by atoms with Crippen molar-refractivity contribution in [3.05, 3.63) is 52.8 Å². The van der Waals surface area contributed by atoms with Crippen molar-refractivity contribution in [1.29, 1.82) is 0 Å². The first-order valence-corrected chi connectivity index (χ1v) is 4.63. The highest BCUT2D eigenvalue weighted by atomic mass is 16.6. The smallest absolute Gasteiger partial charge is 0.270 e. The number of hydrogen-bond donors (Lipinski definition) is 1. The van der Waals surface area contributed by atoms with Gasteiger partial charge < -0.3 is 10.2 Å². The van der Waals surface area contributed by atoms with Crippen molar-refractivity contribution in [2.45, 2.75) is 0 Å². The molecule has 0 radical (unpaired) electrons. The summed E-state index contributed by atoms with van der Waals surface area (Å²) in [6.45, 7) is 0. The molecule has 2 rings (SSSR count). The van der Waals surface area contributed by atoms with E-state index in [2.05, 4.69) is 5.73 Å². The SMILES string of the molecule is CN.O=[N+]([O-])c1cccc(-c2ccco2)c1. The van der Waals surface area contributed by atoms with Gasteiger partial charge >= 0.3 is 0 Å². The fraction of sp³-hybridized carbons (Fsp3) is 0.0909. The molecule has 5 nitrogen and oxygen atoms in total. The lowest BCUT2D eigenvalue weighted by molar-refractivity contribution is -0.384. The van der Waals surface area contributed by atoms with E-state index in [1.165, 1.54) is 25.4 Å². The Bertz CT molecular complexity index is 452. The van der Waals surface area contributed by atoms with E-state index in [0.29, 0.717) is 11.3 Å². The van der Waals surface area contributed by atoms with E-state index in [4.69, 9.17) is 4.42 Å². The summed E-state index contributed by atoms with van der Waals surface area (Å²) < 4.78 is 5.13. The van der Waals surface area contributed by atoms with Crippen LogP contribution in [0.1, 0.15) is 0 Å². The number of nitrogens with zero attached hydrogens (tertiary/aromatic N) is 1. The summed E-state index contributed by atoms with van der Waals surface area (Å²) in [4.78, 5) is 10.1. The molecule has 2 N–H and O–H groups in total. The van der Waals surface area contributed by atoms with Gasteiger partial charge in [0.05, 0.1) is 11.2 Å². The maximum Gasteiger partial charge on any atom is 0.270 e. The number of nitro groups is 1. The van der Waals surface area contributed by atoms with Crippen molar-refractivity contribution in [3.63, 3.8) is 0 Å². The first-order valence-electron chi connectivity index (χ1n) is 4.63. The van der Waals surface area contributed by atoms with Crippen LogP contribution in [-0.4, -0.2) is 12.0 Å².